The first-order chi connectivity index (χ1) is 12.6. The summed E-state index contributed by atoms with van der Waals surface area (Å²) in [6, 6.07) is 16.6. The largest absolute Gasteiger partial charge is 0.477 e. The van der Waals surface area contributed by atoms with E-state index in [1.807, 2.05) is 36.6 Å². The van der Waals surface area contributed by atoms with Crippen LogP contribution in [0.5, 0.6) is 0 Å². The van der Waals surface area contributed by atoms with Crippen molar-refractivity contribution in [1.29, 1.82) is 0 Å². The Bertz CT molecular complexity index is 897. The van der Waals surface area contributed by atoms with Crippen molar-refractivity contribution in [3.8, 4) is 0 Å². The maximum atomic E-state index is 11.9. The molecule has 3 aromatic rings. The fraction of sp³-hybridized carbons (Fsp3) is 0.318. The van der Waals surface area contributed by atoms with Crippen molar-refractivity contribution >= 4 is 16.9 Å². The molecule has 0 aliphatic heterocycles. The Kier molecular flexibility index (Phi) is 5.74. The number of nitrogens with zero attached hydrogens (tertiary/aromatic N) is 1. The first kappa shape index (κ1) is 18.2. The Balaban J connectivity index is 1.74. The highest BCUT2D eigenvalue weighted by Gasteiger charge is 2.21. The lowest BCUT2D eigenvalue weighted by molar-refractivity contribution is 0.0684. The van der Waals surface area contributed by atoms with E-state index in [0.717, 1.165) is 41.4 Å². The summed E-state index contributed by atoms with van der Waals surface area (Å²) in [5.74, 6) is -0.859. The van der Waals surface area contributed by atoms with Crippen molar-refractivity contribution in [3.63, 3.8) is 0 Å². The van der Waals surface area contributed by atoms with Gasteiger partial charge in [-0.1, -0.05) is 42.5 Å². The first-order valence-corrected chi connectivity index (χ1v) is 9.21. The van der Waals surface area contributed by atoms with Crippen LogP contribution in [0.1, 0.15) is 40.5 Å². The van der Waals surface area contributed by atoms with E-state index in [9.17, 15) is 9.90 Å². The Morgan fingerprint density at radius 3 is 2.62 bits per heavy atom. The Morgan fingerprint density at radius 1 is 1.15 bits per heavy atom. The van der Waals surface area contributed by atoms with Gasteiger partial charge >= 0.3 is 5.97 Å². The van der Waals surface area contributed by atoms with Gasteiger partial charge in [0.25, 0.3) is 0 Å². The molecule has 1 aromatic heterocycles. The van der Waals surface area contributed by atoms with Crippen molar-refractivity contribution < 1.29 is 9.90 Å². The number of carboxylic acids is 1. The third-order valence-corrected chi connectivity index (χ3v) is 4.81. The van der Waals surface area contributed by atoms with E-state index in [1.54, 1.807) is 0 Å². The smallest absolute Gasteiger partial charge is 0.352 e. The van der Waals surface area contributed by atoms with Crippen LogP contribution in [0.25, 0.3) is 10.9 Å². The second kappa shape index (κ2) is 8.19. The summed E-state index contributed by atoms with van der Waals surface area (Å²) in [5, 5.41) is 14.2. The highest BCUT2D eigenvalue weighted by molar-refractivity contribution is 5.98. The average molecular weight is 350 g/mol. The van der Waals surface area contributed by atoms with Crippen molar-refractivity contribution in [1.82, 2.24) is 9.88 Å². The number of benzene rings is 2. The summed E-state index contributed by atoms with van der Waals surface area (Å²) in [4.78, 5) is 11.9. The highest BCUT2D eigenvalue weighted by atomic mass is 16.4. The molecule has 0 aliphatic carbocycles. The van der Waals surface area contributed by atoms with Crippen LogP contribution in [0.2, 0.25) is 0 Å². The number of carboxylic acid groups (broad SMARTS) is 1. The van der Waals surface area contributed by atoms with Gasteiger partial charge in [-0.2, -0.15) is 0 Å². The third-order valence-electron chi connectivity index (χ3n) is 4.81. The predicted molar refractivity (Wildman–Crippen MR) is 106 cm³/mol. The minimum atomic E-state index is -0.859. The number of aromatic nitrogens is 1. The predicted octanol–water partition coefficient (Wildman–Crippen LogP) is 4.39. The van der Waals surface area contributed by atoms with Crippen LogP contribution < -0.4 is 5.32 Å². The van der Waals surface area contributed by atoms with Crippen LogP contribution in [0, 0.1) is 6.92 Å². The maximum Gasteiger partial charge on any atom is 0.352 e. The standard InChI is InChI=1S/C22H26N2O2/c1-3-24-20-14-16(2)11-12-18(20)19(21(24)22(25)26)15-23-13-7-10-17-8-5-4-6-9-17/h4-6,8-9,11-12,14,23H,3,7,10,13,15H2,1-2H3,(H,25,26). The van der Waals surface area contributed by atoms with Crippen molar-refractivity contribution in [2.45, 2.75) is 39.8 Å². The fourth-order valence-electron chi connectivity index (χ4n) is 3.56. The van der Waals surface area contributed by atoms with Crippen LogP contribution in [0.15, 0.2) is 48.5 Å². The number of rotatable bonds is 8. The van der Waals surface area contributed by atoms with E-state index in [0.29, 0.717) is 18.8 Å². The van der Waals surface area contributed by atoms with E-state index in [-0.39, 0.29) is 0 Å². The number of hydrogen-bond acceptors (Lipinski definition) is 2. The summed E-state index contributed by atoms with van der Waals surface area (Å²) < 4.78 is 1.91. The van der Waals surface area contributed by atoms with E-state index < -0.39 is 5.97 Å². The Labute approximate surface area is 154 Å². The van der Waals surface area contributed by atoms with Gasteiger partial charge in [0, 0.05) is 29.6 Å². The number of nitrogens with one attached hydrogen (secondary N) is 1. The summed E-state index contributed by atoms with van der Waals surface area (Å²) in [6.45, 7) is 6.11. The van der Waals surface area contributed by atoms with Gasteiger partial charge in [0.2, 0.25) is 0 Å². The van der Waals surface area contributed by atoms with E-state index in [4.69, 9.17) is 0 Å². The van der Waals surface area contributed by atoms with Gasteiger partial charge in [-0.15, -0.1) is 0 Å². The summed E-state index contributed by atoms with van der Waals surface area (Å²) >= 11 is 0. The van der Waals surface area contributed by atoms with Gasteiger partial charge in [0.05, 0.1) is 0 Å². The normalized spacial score (nSPS) is 11.2. The van der Waals surface area contributed by atoms with Crippen molar-refractivity contribution in [2.24, 2.45) is 0 Å². The molecule has 0 bridgehead atoms. The highest BCUT2D eigenvalue weighted by Crippen LogP contribution is 2.27. The Morgan fingerprint density at radius 2 is 1.92 bits per heavy atom. The molecule has 2 aromatic carbocycles. The van der Waals surface area contributed by atoms with Gasteiger partial charge in [-0.25, -0.2) is 4.79 Å². The zero-order valence-corrected chi connectivity index (χ0v) is 15.5. The monoisotopic (exact) mass is 350 g/mol. The molecule has 1 heterocycles. The molecule has 0 spiro atoms. The number of carbonyl (C=O) groups is 1. The second-order valence-corrected chi connectivity index (χ2v) is 6.66. The molecular weight excluding hydrogens is 324 g/mol. The van der Waals surface area contributed by atoms with Gasteiger partial charge in [0.15, 0.2) is 0 Å². The molecule has 0 aliphatic rings. The molecule has 0 saturated heterocycles. The lowest BCUT2D eigenvalue weighted by atomic mass is 10.1. The summed E-state index contributed by atoms with van der Waals surface area (Å²) in [6.07, 6.45) is 2.05. The van der Waals surface area contributed by atoms with Crippen LogP contribution in [0.3, 0.4) is 0 Å². The minimum Gasteiger partial charge on any atom is -0.477 e. The molecule has 26 heavy (non-hydrogen) atoms. The van der Waals surface area contributed by atoms with Crippen molar-refractivity contribution in [3.05, 3.63) is 70.9 Å². The number of aromatic carboxylic acids is 1. The molecule has 4 heteroatoms. The number of fused-ring (bicyclic) bond motifs is 1. The molecule has 3 rings (SSSR count). The molecule has 0 fully saturated rings. The van der Waals surface area contributed by atoms with Crippen LogP contribution in [-0.4, -0.2) is 22.2 Å². The molecule has 0 saturated carbocycles. The van der Waals surface area contributed by atoms with Gasteiger partial charge in [-0.3, -0.25) is 0 Å². The SMILES string of the molecule is CCn1c(C(=O)O)c(CNCCCc2ccccc2)c2ccc(C)cc21. The molecule has 136 valence electrons. The number of hydrogen-bond donors (Lipinski definition) is 2. The van der Waals surface area contributed by atoms with Gasteiger partial charge in [0.1, 0.15) is 5.69 Å². The zero-order chi connectivity index (χ0) is 18.5. The lowest BCUT2D eigenvalue weighted by Gasteiger charge is -2.07. The van der Waals surface area contributed by atoms with E-state index in [2.05, 4.69) is 35.6 Å². The quantitative estimate of drug-likeness (QED) is 0.592. The van der Waals surface area contributed by atoms with E-state index >= 15 is 0 Å². The second-order valence-electron chi connectivity index (χ2n) is 6.66. The Hall–Kier alpha value is -2.59. The minimum absolute atomic E-state index is 0.406. The molecule has 4 nitrogen and oxygen atoms in total. The van der Waals surface area contributed by atoms with Gasteiger partial charge < -0.3 is 15.0 Å². The summed E-state index contributed by atoms with van der Waals surface area (Å²) in [5.41, 5.74) is 4.77. The van der Waals surface area contributed by atoms with Crippen LogP contribution >= 0.6 is 0 Å². The van der Waals surface area contributed by atoms with Crippen LogP contribution in [-0.2, 0) is 19.5 Å². The average Bonchev–Trinajstić information content (AvgIpc) is 2.95. The van der Waals surface area contributed by atoms with E-state index in [1.165, 1.54) is 5.56 Å². The van der Waals surface area contributed by atoms with Gasteiger partial charge in [-0.05, 0) is 50.4 Å². The third kappa shape index (κ3) is 3.81. The summed E-state index contributed by atoms with van der Waals surface area (Å²) in [7, 11) is 0. The lowest BCUT2D eigenvalue weighted by Crippen LogP contribution is -2.18. The molecule has 2 N–H and O–H groups in total. The molecule has 0 unspecified atom stereocenters. The molecular formula is C22H26N2O2. The molecule has 0 amide bonds. The fourth-order valence-corrected chi connectivity index (χ4v) is 3.56. The molecule has 0 atom stereocenters. The zero-order valence-electron chi connectivity index (χ0n) is 15.5. The number of aryl methyl sites for hydroxylation is 3. The van der Waals surface area contributed by atoms with Crippen molar-refractivity contribution in [2.75, 3.05) is 6.54 Å². The first-order valence-electron chi connectivity index (χ1n) is 9.21. The topological polar surface area (TPSA) is 54.3 Å². The molecule has 0 radical (unpaired) electrons. The van der Waals surface area contributed by atoms with Crippen LogP contribution in [0.4, 0.5) is 0 Å². The maximum absolute atomic E-state index is 11.9.